The highest BCUT2D eigenvalue weighted by Gasteiger charge is 2.32. The third kappa shape index (κ3) is 3.19. The minimum absolute atomic E-state index is 0.773. The first kappa shape index (κ1) is 12.2. The van der Waals surface area contributed by atoms with Crippen molar-refractivity contribution in [2.75, 3.05) is 0 Å². The van der Waals surface area contributed by atoms with Gasteiger partial charge in [0.2, 0.25) is 6.29 Å². The summed E-state index contributed by atoms with van der Waals surface area (Å²) in [5.41, 5.74) is 0. The molecule has 75 valence electrons. The molecule has 13 heavy (non-hydrogen) atoms. The van der Waals surface area contributed by atoms with Gasteiger partial charge < -0.3 is 20.4 Å². The van der Waals surface area contributed by atoms with E-state index in [1.54, 1.807) is 0 Å². The Kier molecular flexibility index (Phi) is 4.71. The summed E-state index contributed by atoms with van der Waals surface area (Å²) in [4.78, 5) is 20.3. The molecule has 0 aliphatic rings. The van der Waals surface area contributed by atoms with Crippen LogP contribution in [0.25, 0.3) is 0 Å². The minimum atomic E-state index is -1.94. The number of carbonyl (C=O) groups excluding carboxylic acids is 2. The second-order valence-electron chi connectivity index (χ2n) is 2.60. The standard InChI is InChI=1S/C7H11O6/c1-3(9)5(11)7(13)6(12)4(10)2-8/h4-7,10-13H,1H3/t4-,5+,6-,7-/m1/s1. The maximum atomic E-state index is 10.5. The Balaban J connectivity index is 4.32. The monoisotopic (exact) mass is 191 g/mol. The Hall–Kier alpha value is -0.820. The number of aliphatic hydroxyl groups is 4. The van der Waals surface area contributed by atoms with E-state index < -0.39 is 30.2 Å². The Morgan fingerprint density at radius 2 is 1.62 bits per heavy atom. The topological polar surface area (TPSA) is 115 Å². The fraction of sp³-hybridized carbons (Fsp3) is 0.714. The van der Waals surface area contributed by atoms with Crippen molar-refractivity contribution >= 4 is 12.1 Å². The Bertz CT molecular complexity index is 191. The lowest BCUT2D eigenvalue weighted by molar-refractivity contribution is -0.139. The number of hydrogen-bond acceptors (Lipinski definition) is 6. The molecule has 0 unspecified atom stereocenters. The zero-order valence-corrected chi connectivity index (χ0v) is 6.91. The molecule has 0 aromatic rings. The second-order valence-corrected chi connectivity index (χ2v) is 2.60. The van der Waals surface area contributed by atoms with Gasteiger partial charge in [-0.3, -0.25) is 9.59 Å². The van der Waals surface area contributed by atoms with Gasteiger partial charge in [0, 0.05) is 0 Å². The Morgan fingerprint density at radius 1 is 1.15 bits per heavy atom. The molecular formula is C7H11O6. The highest BCUT2D eigenvalue weighted by atomic mass is 16.4. The lowest BCUT2D eigenvalue weighted by Gasteiger charge is -2.21. The van der Waals surface area contributed by atoms with Crippen molar-refractivity contribution in [1.29, 1.82) is 0 Å². The Labute approximate surface area is 74.4 Å². The molecule has 6 heteroatoms. The maximum Gasteiger partial charge on any atom is 0.232 e. The van der Waals surface area contributed by atoms with E-state index in [1.807, 2.05) is 0 Å². The molecule has 0 amide bonds. The van der Waals surface area contributed by atoms with Crippen molar-refractivity contribution in [1.82, 2.24) is 0 Å². The van der Waals surface area contributed by atoms with E-state index in [0.717, 1.165) is 13.2 Å². The molecular weight excluding hydrogens is 180 g/mol. The summed E-state index contributed by atoms with van der Waals surface area (Å²) in [5, 5.41) is 35.5. The summed E-state index contributed by atoms with van der Waals surface area (Å²) in [6.45, 7) is 0.998. The lowest BCUT2D eigenvalue weighted by atomic mass is 10.0. The minimum Gasteiger partial charge on any atom is -0.387 e. The highest BCUT2D eigenvalue weighted by molar-refractivity contribution is 5.81. The van der Waals surface area contributed by atoms with Crippen molar-refractivity contribution < 1.29 is 30.0 Å². The molecule has 0 aromatic carbocycles. The van der Waals surface area contributed by atoms with Crippen LogP contribution in [0, 0.1) is 0 Å². The molecule has 4 N–H and O–H groups in total. The summed E-state index contributed by atoms with van der Waals surface area (Å²) < 4.78 is 0. The van der Waals surface area contributed by atoms with E-state index in [0.29, 0.717) is 0 Å². The van der Waals surface area contributed by atoms with Crippen molar-refractivity contribution in [2.24, 2.45) is 0 Å². The zero-order valence-electron chi connectivity index (χ0n) is 6.91. The van der Waals surface area contributed by atoms with Crippen molar-refractivity contribution in [3.63, 3.8) is 0 Å². The van der Waals surface area contributed by atoms with Crippen LogP contribution in [0.5, 0.6) is 0 Å². The Morgan fingerprint density at radius 3 is 1.92 bits per heavy atom. The average Bonchev–Trinajstić information content (AvgIpc) is 2.12. The molecule has 0 aliphatic heterocycles. The smallest absolute Gasteiger partial charge is 0.232 e. The summed E-state index contributed by atoms with van der Waals surface area (Å²) in [6, 6.07) is 0. The molecule has 0 saturated heterocycles. The molecule has 0 fully saturated rings. The molecule has 0 saturated carbocycles. The zero-order chi connectivity index (χ0) is 10.6. The van der Waals surface area contributed by atoms with Gasteiger partial charge in [-0.25, -0.2) is 0 Å². The van der Waals surface area contributed by atoms with Crippen LogP contribution in [0.1, 0.15) is 6.92 Å². The van der Waals surface area contributed by atoms with Crippen LogP contribution in [-0.2, 0) is 9.59 Å². The van der Waals surface area contributed by atoms with E-state index in [-0.39, 0.29) is 0 Å². The molecule has 6 nitrogen and oxygen atoms in total. The van der Waals surface area contributed by atoms with E-state index >= 15 is 0 Å². The lowest BCUT2D eigenvalue weighted by Crippen LogP contribution is -2.47. The first-order chi connectivity index (χ1) is 5.91. The van der Waals surface area contributed by atoms with Crippen molar-refractivity contribution in [3.8, 4) is 0 Å². The van der Waals surface area contributed by atoms with Gasteiger partial charge in [0.25, 0.3) is 0 Å². The van der Waals surface area contributed by atoms with Crippen LogP contribution in [0.4, 0.5) is 0 Å². The summed E-state index contributed by atoms with van der Waals surface area (Å²) >= 11 is 0. The average molecular weight is 191 g/mol. The van der Waals surface area contributed by atoms with Crippen LogP contribution in [-0.4, -0.2) is 56.9 Å². The van der Waals surface area contributed by atoms with Crippen LogP contribution in [0.3, 0.4) is 0 Å². The quantitative estimate of drug-likeness (QED) is 0.371. The van der Waals surface area contributed by atoms with E-state index in [1.165, 1.54) is 0 Å². The van der Waals surface area contributed by atoms with Gasteiger partial charge in [0.15, 0.2) is 5.78 Å². The SMILES string of the molecule is CC(=O)[C@H](O)[C@@H](O)[C@H](O)[C@H](O)[C]=O. The number of carbonyl (C=O) groups is 1. The van der Waals surface area contributed by atoms with Gasteiger partial charge in [-0.2, -0.15) is 0 Å². The molecule has 0 aromatic heterocycles. The molecule has 0 aliphatic carbocycles. The van der Waals surface area contributed by atoms with Gasteiger partial charge >= 0.3 is 0 Å². The van der Waals surface area contributed by atoms with Crippen LogP contribution in [0.2, 0.25) is 0 Å². The van der Waals surface area contributed by atoms with Crippen molar-refractivity contribution in [2.45, 2.75) is 31.3 Å². The van der Waals surface area contributed by atoms with E-state index in [4.69, 9.17) is 20.4 Å². The number of Topliss-reactive ketones (excluding diaryl/α,β-unsaturated/α-hetero) is 1. The predicted molar refractivity (Wildman–Crippen MR) is 40.4 cm³/mol. The van der Waals surface area contributed by atoms with E-state index in [2.05, 4.69) is 0 Å². The maximum absolute atomic E-state index is 10.5. The van der Waals surface area contributed by atoms with Crippen molar-refractivity contribution in [3.05, 3.63) is 0 Å². The number of rotatable bonds is 5. The third-order valence-electron chi connectivity index (χ3n) is 1.53. The number of hydrogen-bond donors (Lipinski definition) is 4. The first-order valence-corrected chi connectivity index (χ1v) is 3.52. The van der Waals surface area contributed by atoms with Crippen LogP contribution >= 0.6 is 0 Å². The largest absolute Gasteiger partial charge is 0.387 e. The first-order valence-electron chi connectivity index (χ1n) is 3.52. The summed E-state index contributed by atoms with van der Waals surface area (Å²) in [7, 11) is 0. The fourth-order valence-corrected chi connectivity index (χ4v) is 0.684. The fourth-order valence-electron chi connectivity index (χ4n) is 0.684. The van der Waals surface area contributed by atoms with Gasteiger partial charge in [-0.15, -0.1) is 0 Å². The van der Waals surface area contributed by atoms with Gasteiger partial charge in [-0.05, 0) is 6.92 Å². The molecule has 0 rings (SSSR count). The predicted octanol–water partition coefficient (Wildman–Crippen LogP) is -2.87. The summed E-state index contributed by atoms with van der Waals surface area (Å²) in [6.07, 6.45) is -6.56. The van der Waals surface area contributed by atoms with Gasteiger partial charge in [0.05, 0.1) is 0 Å². The van der Waals surface area contributed by atoms with Gasteiger partial charge in [-0.1, -0.05) is 0 Å². The van der Waals surface area contributed by atoms with E-state index in [9.17, 15) is 9.59 Å². The number of aliphatic hydroxyl groups excluding tert-OH is 4. The third-order valence-corrected chi connectivity index (χ3v) is 1.53. The molecule has 0 heterocycles. The molecule has 4 atom stereocenters. The summed E-state index contributed by atoms with van der Waals surface area (Å²) in [5.74, 6) is -0.773. The second kappa shape index (κ2) is 5.03. The van der Waals surface area contributed by atoms with Crippen LogP contribution in [0.15, 0.2) is 0 Å². The highest BCUT2D eigenvalue weighted by Crippen LogP contribution is 2.04. The normalized spacial score (nSPS) is 20.1. The van der Waals surface area contributed by atoms with Gasteiger partial charge in [0.1, 0.15) is 24.4 Å². The molecule has 1 radical (unpaired) electrons. The molecule has 0 bridgehead atoms. The molecule has 0 spiro atoms. The van der Waals surface area contributed by atoms with Crippen LogP contribution < -0.4 is 0 Å². The number of ketones is 1.